The molecule has 0 aliphatic rings. The van der Waals surface area contributed by atoms with Crippen molar-refractivity contribution in [2.24, 2.45) is 10.8 Å². The van der Waals surface area contributed by atoms with E-state index in [9.17, 15) is 0 Å². The molecule has 0 aliphatic heterocycles. The third-order valence-corrected chi connectivity index (χ3v) is 3.38. The molecule has 0 bridgehead atoms. The van der Waals surface area contributed by atoms with Crippen molar-refractivity contribution in [2.45, 2.75) is 54.9 Å². The second kappa shape index (κ2) is 6.03. The van der Waals surface area contributed by atoms with Crippen molar-refractivity contribution >= 4 is 0 Å². The number of pyridine rings is 1. The lowest BCUT2D eigenvalue weighted by atomic mass is 9.67. The Morgan fingerprint density at radius 3 is 1.94 bits per heavy atom. The topological polar surface area (TPSA) is 12.9 Å². The minimum absolute atomic E-state index is 0.279. The van der Waals surface area contributed by atoms with E-state index >= 15 is 0 Å². The monoisotopic (exact) mass is 221 g/mol. The van der Waals surface area contributed by atoms with E-state index in [1.165, 1.54) is 5.69 Å². The van der Waals surface area contributed by atoms with Gasteiger partial charge in [0.05, 0.1) is 0 Å². The second-order valence-corrected chi connectivity index (χ2v) is 5.63. The Bertz CT molecular complexity index is 280. The Morgan fingerprint density at radius 2 is 1.56 bits per heavy atom. The Balaban J connectivity index is 0.00000106. The molecule has 92 valence electrons. The van der Waals surface area contributed by atoms with E-state index in [0.717, 1.165) is 6.42 Å². The summed E-state index contributed by atoms with van der Waals surface area (Å²) in [5.41, 5.74) is 1.78. The summed E-state index contributed by atoms with van der Waals surface area (Å²) in [6.45, 7) is 15.5. The molecule has 1 rings (SSSR count). The summed E-state index contributed by atoms with van der Waals surface area (Å²) in [4.78, 5) is 4.38. The van der Waals surface area contributed by atoms with Gasteiger partial charge in [-0.05, 0) is 29.4 Å². The molecule has 0 spiro atoms. The SMILES string of the molecule is CC.CC(C)(C)C(C)(C)Cc1ccccn1. The Kier molecular flexibility index (Phi) is 5.71. The highest BCUT2D eigenvalue weighted by Gasteiger charge is 2.32. The molecule has 0 fully saturated rings. The van der Waals surface area contributed by atoms with Gasteiger partial charge in [-0.15, -0.1) is 0 Å². The first-order valence-corrected chi connectivity index (χ1v) is 6.23. The number of rotatable bonds is 2. The van der Waals surface area contributed by atoms with Crippen LogP contribution in [0.1, 0.15) is 54.2 Å². The molecule has 0 saturated carbocycles. The molecule has 1 heterocycles. The molecular formula is C15H27N. The molecule has 0 aliphatic carbocycles. The molecule has 0 amide bonds. The van der Waals surface area contributed by atoms with Crippen molar-refractivity contribution in [1.29, 1.82) is 0 Å². The fraction of sp³-hybridized carbons (Fsp3) is 0.667. The van der Waals surface area contributed by atoms with Gasteiger partial charge in [-0.3, -0.25) is 4.98 Å². The average molecular weight is 221 g/mol. The highest BCUT2D eigenvalue weighted by molar-refractivity contribution is 5.06. The van der Waals surface area contributed by atoms with Crippen LogP contribution in [0.25, 0.3) is 0 Å². The smallest absolute Gasteiger partial charge is 0.0409 e. The van der Waals surface area contributed by atoms with Gasteiger partial charge in [0.25, 0.3) is 0 Å². The van der Waals surface area contributed by atoms with E-state index in [2.05, 4.69) is 51.7 Å². The van der Waals surface area contributed by atoms with Gasteiger partial charge in [-0.1, -0.05) is 54.5 Å². The van der Waals surface area contributed by atoms with Crippen molar-refractivity contribution in [3.05, 3.63) is 30.1 Å². The van der Waals surface area contributed by atoms with Gasteiger partial charge in [0.2, 0.25) is 0 Å². The van der Waals surface area contributed by atoms with Crippen molar-refractivity contribution in [3.8, 4) is 0 Å². The number of hydrogen-bond donors (Lipinski definition) is 0. The van der Waals surface area contributed by atoms with Gasteiger partial charge in [0, 0.05) is 11.9 Å². The van der Waals surface area contributed by atoms with Gasteiger partial charge in [-0.25, -0.2) is 0 Å². The maximum Gasteiger partial charge on any atom is 0.0409 e. The lowest BCUT2D eigenvalue weighted by Gasteiger charge is -2.38. The van der Waals surface area contributed by atoms with Crippen LogP contribution in [0.5, 0.6) is 0 Å². The van der Waals surface area contributed by atoms with Crippen LogP contribution < -0.4 is 0 Å². The van der Waals surface area contributed by atoms with E-state index < -0.39 is 0 Å². The van der Waals surface area contributed by atoms with Gasteiger partial charge in [-0.2, -0.15) is 0 Å². The van der Waals surface area contributed by atoms with Crippen molar-refractivity contribution in [3.63, 3.8) is 0 Å². The molecule has 1 aromatic rings. The minimum atomic E-state index is 0.279. The van der Waals surface area contributed by atoms with E-state index in [0.29, 0.717) is 5.41 Å². The molecule has 0 N–H and O–H groups in total. The summed E-state index contributed by atoms with van der Waals surface area (Å²) < 4.78 is 0. The lowest BCUT2D eigenvalue weighted by Crippen LogP contribution is -2.32. The Hall–Kier alpha value is -0.850. The van der Waals surface area contributed by atoms with Gasteiger partial charge in [0.15, 0.2) is 0 Å². The van der Waals surface area contributed by atoms with E-state index in [1.807, 2.05) is 26.1 Å². The zero-order chi connectivity index (χ0) is 12.8. The first kappa shape index (κ1) is 15.2. The molecule has 0 aromatic carbocycles. The molecule has 1 heteroatoms. The third-order valence-electron chi connectivity index (χ3n) is 3.38. The van der Waals surface area contributed by atoms with Crippen molar-refractivity contribution < 1.29 is 0 Å². The van der Waals surface area contributed by atoms with Gasteiger partial charge < -0.3 is 0 Å². The first-order valence-electron chi connectivity index (χ1n) is 6.23. The van der Waals surface area contributed by atoms with E-state index in [1.54, 1.807) is 0 Å². The van der Waals surface area contributed by atoms with Crippen LogP contribution in [0.3, 0.4) is 0 Å². The summed E-state index contributed by atoms with van der Waals surface area (Å²) in [6.07, 6.45) is 2.91. The lowest BCUT2D eigenvalue weighted by molar-refractivity contribution is 0.131. The molecule has 0 radical (unpaired) electrons. The fourth-order valence-corrected chi connectivity index (χ4v) is 1.22. The molecule has 0 unspecified atom stereocenters. The van der Waals surface area contributed by atoms with Crippen LogP contribution in [0, 0.1) is 10.8 Å². The van der Waals surface area contributed by atoms with Crippen LogP contribution >= 0.6 is 0 Å². The van der Waals surface area contributed by atoms with Crippen LogP contribution in [0.4, 0.5) is 0 Å². The van der Waals surface area contributed by atoms with Gasteiger partial charge in [0.1, 0.15) is 0 Å². The number of hydrogen-bond acceptors (Lipinski definition) is 1. The predicted octanol–water partition coefficient (Wildman–Crippen LogP) is 4.72. The summed E-state index contributed by atoms with van der Waals surface area (Å²) in [5.74, 6) is 0. The van der Waals surface area contributed by atoms with E-state index in [4.69, 9.17) is 0 Å². The quantitative estimate of drug-likeness (QED) is 0.704. The Morgan fingerprint density at radius 1 is 1.00 bits per heavy atom. The predicted molar refractivity (Wildman–Crippen MR) is 72.5 cm³/mol. The standard InChI is InChI=1S/C13H21N.C2H6/c1-12(2,3)13(4,5)10-11-8-6-7-9-14-11;1-2/h6-9H,10H2,1-5H3;1-2H3. The summed E-state index contributed by atoms with van der Waals surface area (Å²) in [5, 5.41) is 0. The van der Waals surface area contributed by atoms with Crippen LogP contribution in [-0.2, 0) is 6.42 Å². The zero-order valence-corrected chi connectivity index (χ0v) is 12.0. The van der Waals surface area contributed by atoms with Crippen molar-refractivity contribution in [1.82, 2.24) is 4.98 Å². The van der Waals surface area contributed by atoms with Crippen LogP contribution in [0.2, 0.25) is 0 Å². The van der Waals surface area contributed by atoms with Crippen LogP contribution in [-0.4, -0.2) is 4.98 Å². The summed E-state index contributed by atoms with van der Waals surface area (Å²) >= 11 is 0. The fourth-order valence-electron chi connectivity index (χ4n) is 1.22. The number of aromatic nitrogens is 1. The molecule has 0 atom stereocenters. The molecule has 16 heavy (non-hydrogen) atoms. The molecule has 1 nitrogen and oxygen atoms in total. The van der Waals surface area contributed by atoms with Crippen molar-refractivity contribution in [2.75, 3.05) is 0 Å². The second-order valence-electron chi connectivity index (χ2n) is 5.63. The highest BCUT2D eigenvalue weighted by Crippen LogP contribution is 2.40. The minimum Gasteiger partial charge on any atom is -0.261 e. The third kappa shape index (κ3) is 4.34. The highest BCUT2D eigenvalue weighted by atomic mass is 14.7. The molecular weight excluding hydrogens is 194 g/mol. The van der Waals surface area contributed by atoms with E-state index in [-0.39, 0.29) is 5.41 Å². The van der Waals surface area contributed by atoms with Gasteiger partial charge >= 0.3 is 0 Å². The average Bonchev–Trinajstić information content (AvgIpc) is 2.20. The number of nitrogens with zero attached hydrogens (tertiary/aromatic N) is 1. The largest absolute Gasteiger partial charge is 0.261 e. The maximum absolute atomic E-state index is 4.38. The maximum atomic E-state index is 4.38. The normalized spacial score (nSPS) is 11.7. The summed E-state index contributed by atoms with van der Waals surface area (Å²) in [7, 11) is 0. The molecule has 0 saturated heterocycles. The molecule has 1 aromatic heterocycles. The zero-order valence-electron chi connectivity index (χ0n) is 12.0. The summed E-state index contributed by atoms with van der Waals surface area (Å²) in [6, 6.07) is 6.13. The van der Waals surface area contributed by atoms with Crippen LogP contribution in [0.15, 0.2) is 24.4 Å². The first-order chi connectivity index (χ1) is 7.33. The Labute approximate surface area is 101 Å².